The Labute approximate surface area is 154 Å². The van der Waals surface area contributed by atoms with Crippen LogP contribution >= 0.6 is 11.8 Å². The Balaban J connectivity index is 1.37. The summed E-state index contributed by atoms with van der Waals surface area (Å²) >= 11 is 1.84. The summed E-state index contributed by atoms with van der Waals surface area (Å²) in [4.78, 5) is 17.4. The Morgan fingerprint density at radius 1 is 1.20 bits per heavy atom. The highest BCUT2D eigenvalue weighted by Gasteiger charge is 2.37. The van der Waals surface area contributed by atoms with E-state index in [9.17, 15) is 4.79 Å². The number of aryl methyl sites for hydroxylation is 2. The van der Waals surface area contributed by atoms with E-state index in [4.69, 9.17) is 4.52 Å². The van der Waals surface area contributed by atoms with Crippen molar-refractivity contribution < 1.29 is 9.32 Å². The zero-order valence-electron chi connectivity index (χ0n) is 15.4. The molecule has 1 aromatic rings. The third-order valence-electron chi connectivity index (χ3n) is 5.95. The van der Waals surface area contributed by atoms with Crippen LogP contribution in [0.5, 0.6) is 0 Å². The number of hydrogen-bond acceptors (Lipinski definition) is 5. The first kappa shape index (κ1) is 17.4. The van der Waals surface area contributed by atoms with E-state index in [-0.39, 0.29) is 0 Å². The fourth-order valence-corrected chi connectivity index (χ4v) is 5.37. The maximum absolute atomic E-state index is 12.7. The van der Waals surface area contributed by atoms with Crippen molar-refractivity contribution in [1.29, 1.82) is 0 Å². The van der Waals surface area contributed by atoms with Crippen LogP contribution in [0.25, 0.3) is 0 Å². The van der Waals surface area contributed by atoms with Gasteiger partial charge in [-0.3, -0.25) is 9.69 Å². The molecule has 0 aromatic carbocycles. The van der Waals surface area contributed by atoms with Gasteiger partial charge in [0.15, 0.2) is 0 Å². The number of carbonyl (C=O) groups excluding carboxylic acids is 1. The molecule has 5 nitrogen and oxygen atoms in total. The quantitative estimate of drug-likeness (QED) is 0.778. The lowest BCUT2D eigenvalue weighted by molar-refractivity contribution is -0.132. The molecule has 0 spiro atoms. The van der Waals surface area contributed by atoms with Gasteiger partial charge in [0.2, 0.25) is 5.91 Å². The molecule has 3 aliphatic heterocycles. The standard InChI is InChI=1S/C19H29N3O2S/c1-13-18(14(2)24-20-13)10-21-7-16-5-6-17(9-21)22(8-16)19(23)12-25-11-15-3-4-15/h15-17H,3-12H2,1-2H3/t16-,17+/m1/s1. The molecular formula is C19H29N3O2S. The van der Waals surface area contributed by atoms with Gasteiger partial charge in [0.1, 0.15) is 5.76 Å². The number of hydrogen-bond donors (Lipinski definition) is 0. The van der Waals surface area contributed by atoms with Crippen molar-refractivity contribution in [1.82, 2.24) is 15.0 Å². The summed E-state index contributed by atoms with van der Waals surface area (Å²) in [5, 5.41) is 4.09. The number of fused-ring (bicyclic) bond motifs is 4. The van der Waals surface area contributed by atoms with Crippen LogP contribution in [0.4, 0.5) is 0 Å². The smallest absolute Gasteiger partial charge is 0.232 e. The lowest BCUT2D eigenvalue weighted by atomic mass is 9.95. The largest absolute Gasteiger partial charge is 0.361 e. The van der Waals surface area contributed by atoms with Crippen LogP contribution in [0.15, 0.2) is 4.52 Å². The number of aromatic nitrogens is 1. The van der Waals surface area contributed by atoms with E-state index in [1.807, 2.05) is 25.6 Å². The van der Waals surface area contributed by atoms with Crippen molar-refractivity contribution in [3.05, 3.63) is 17.0 Å². The average Bonchev–Trinajstić information content (AvgIpc) is 3.40. The zero-order chi connectivity index (χ0) is 17.4. The highest BCUT2D eigenvalue weighted by Crippen LogP contribution is 2.33. The van der Waals surface area contributed by atoms with Crippen LogP contribution in [-0.4, -0.2) is 58.0 Å². The number of amides is 1. The summed E-state index contributed by atoms with van der Waals surface area (Å²) in [7, 11) is 0. The van der Waals surface area contributed by atoms with Gasteiger partial charge in [0, 0.05) is 37.8 Å². The first-order valence-electron chi connectivity index (χ1n) is 9.61. The zero-order valence-corrected chi connectivity index (χ0v) is 16.2. The molecule has 4 fully saturated rings. The van der Waals surface area contributed by atoms with Crippen LogP contribution in [-0.2, 0) is 11.3 Å². The fraction of sp³-hybridized carbons (Fsp3) is 0.789. The summed E-state index contributed by atoms with van der Waals surface area (Å²) in [5.74, 6) is 4.63. The summed E-state index contributed by atoms with van der Waals surface area (Å²) in [6.45, 7) is 7.93. The molecule has 0 N–H and O–H groups in total. The second-order valence-corrected chi connectivity index (χ2v) is 9.13. The number of rotatable bonds is 6. The summed E-state index contributed by atoms with van der Waals surface area (Å²) < 4.78 is 5.32. The van der Waals surface area contributed by atoms with E-state index < -0.39 is 0 Å². The predicted molar refractivity (Wildman–Crippen MR) is 99.5 cm³/mol. The number of nitrogens with zero attached hydrogens (tertiary/aromatic N) is 3. The van der Waals surface area contributed by atoms with Crippen molar-refractivity contribution in [2.45, 2.75) is 52.1 Å². The molecular weight excluding hydrogens is 334 g/mol. The van der Waals surface area contributed by atoms with E-state index in [0.29, 0.717) is 23.6 Å². The van der Waals surface area contributed by atoms with Crippen LogP contribution in [0, 0.1) is 25.7 Å². The molecule has 138 valence electrons. The van der Waals surface area contributed by atoms with E-state index in [2.05, 4.69) is 15.0 Å². The summed E-state index contributed by atoms with van der Waals surface area (Å²) in [6, 6.07) is 0.383. The van der Waals surface area contributed by atoms with Crippen molar-refractivity contribution >= 4 is 17.7 Å². The second-order valence-electron chi connectivity index (χ2n) is 8.10. The highest BCUT2D eigenvalue weighted by atomic mass is 32.2. The Morgan fingerprint density at radius 3 is 2.76 bits per heavy atom. The van der Waals surface area contributed by atoms with Gasteiger partial charge >= 0.3 is 0 Å². The number of carbonyl (C=O) groups is 1. The van der Waals surface area contributed by atoms with E-state index in [0.717, 1.165) is 50.0 Å². The van der Waals surface area contributed by atoms with E-state index in [1.165, 1.54) is 30.6 Å². The molecule has 6 heteroatoms. The third kappa shape index (κ3) is 4.05. The molecule has 1 amide bonds. The molecule has 1 aromatic heterocycles. The Morgan fingerprint density at radius 2 is 2.04 bits per heavy atom. The molecule has 25 heavy (non-hydrogen) atoms. The molecule has 2 atom stereocenters. The lowest BCUT2D eigenvalue weighted by Gasteiger charge is -2.36. The van der Waals surface area contributed by atoms with E-state index >= 15 is 0 Å². The summed E-state index contributed by atoms with van der Waals surface area (Å²) in [5.41, 5.74) is 2.22. The fourth-order valence-electron chi connectivity index (χ4n) is 4.25. The van der Waals surface area contributed by atoms with Crippen molar-refractivity contribution in [2.24, 2.45) is 11.8 Å². The van der Waals surface area contributed by atoms with E-state index in [1.54, 1.807) is 0 Å². The minimum atomic E-state index is 0.361. The Hall–Kier alpha value is -1.01. The molecule has 3 saturated heterocycles. The summed E-state index contributed by atoms with van der Waals surface area (Å²) in [6.07, 6.45) is 5.14. The minimum absolute atomic E-state index is 0.361. The molecule has 4 heterocycles. The highest BCUT2D eigenvalue weighted by molar-refractivity contribution is 7.99. The van der Waals surface area contributed by atoms with Crippen LogP contribution in [0.1, 0.15) is 42.7 Å². The molecule has 4 aliphatic rings. The monoisotopic (exact) mass is 363 g/mol. The van der Waals surface area contributed by atoms with Crippen molar-refractivity contribution in [3.8, 4) is 0 Å². The van der Waals surface area contributed by atoms with Crippen molar-refractivity contribution in [3.63, 3.8) is 0 Å². The van der Waals surface area contributed by atoms with Gasteiger partial charge in [-0.2, -0.15) is 11.8 Å². The number of piperidine rings is 1. The first-order chi connectivity index (χ1) is 12.1. The van der Waals surface area contributed by atoms with Gasteiger partial charge in [-0.1, -0.05) is 5.16 Å². The molecule has 5 rings (SSSR count). The van der Waals surface area contributed by atoms with Gasteiger partial charge in [-0.25, -0.2) is 0 Å². The normalized spacial score (nSPS) is 26.9. The SMILES string of the molecule is Cc1noc(C)c1CN1C[C@H]2CC[C@@H](C1)N(C(=O)CSCC1CC1)C2. The maximum atomic E-state index is 12.7. The average molecular weight is 364 g/mol. The molecule has 1 saturated carbocycles. The van der Waals surface area contributed by atoms with Crippen LogP contribution in [0.2, 0.25) is 0 Å². The van der Waals surface area contributed by atoms with Gasteiger partial charge in [-0.05, 0) is 57.1 Å². The molecule has 0 radical (unpaired) electrons. The molecule has 2 bridgehead atoms. The molecule has 1 aliphatic carbocycles. The van der Waals surface area contributed by atoms with Crippen LogP contribution in [0.3, 0.4) is 0 Å². The topological polar surface area (TPSA) is 49.6 Å². The predicted octanol–water partition coefficient (Wildman–Crippen LogP) is 2.86. The maximum Gasteiger partial charge on any atom is 0.232 e. The van der Waals surface area contributed by atoms with Gasteiger partial charge in [-0.15, -0.1) is 0 Å². The van der Waals surface area contributed by atoms with Gasteiger partial charge in [0.25, 0.3) is 0 Å². The minimum Gasteiger partial charge on any atom is -0.361 e. The first-order valence-corrected chi connectivity index (χ1v) is 10.8. The third-order valence-corrected chi connectivity index (χ3v) is 7.11. The number of thioether (sulfide) groups is 1. The molecule has 0 unspecified atom stereocenters. The van der Waals surface area contributed by atoms with Crippen LogP contribution < -0.4 is 0 Å². The van der Waals surface area contributed by atoms with Gasteiger partial charge in [0.05, 0.1) is 11.4 Å². The van der Waals surface area contributed by atoms with Gasteiger partial charge < -0.3 is 9.42 Å². The Kier molecular flexibility index (Phi) is 5.09. The Bertz CT molecular complexity index is 609. The lowest BCUT2D eigenvalue weighted by Crippen LogP contribution is -2.48. The van der Waals surface area contributed by atoms with Crippen molar-refractivity contribution in [2.75, 3.05) is 31.1 Å². The second kappa shape index (κ2) is 7.31.